The molecule has 0 bridgehead atoms. The fourth-order valence-electron chi connectivity index (χ4n) is 4.39. The number of amides is 1. The SMILES string of the molecule is CCOC(=O)c1cc(Oc2ccc(C(C)C(O)(c3ccc4c(c3)N(C)C(=O)CO4)C(F)(F)F)c(Cl)c2)ccc1Cl. The van der Waals surface area contributed by atoms with Crippen LogP contribution in [0.25, 0.3) is 0 Å². The fourth-order valence-corrected chi connectivity index (χ4v) is 4.91. The number of rotatable bonds is 7. The molecule has 1 N–H and O–H groups in total. The summed E-state index contributed by atoms with van der Waals surface area (Å²) >= 11 is 12.5. The van der Waals surface area contributed by atoms with Crippen LogP contribution < -0.4 is 14.4 Å². The molecule has 0 saturated carbocycles. The summed E-state index contributed by atoms with van der Waals surface area (Å²) in [6.45, 7) is 2.75. The quantitative estimate of drug-likeness (QED) is 0.299. The Morgan fingerprint density at radius 2 is 1.75 bits per heavy atom. The van der Waals surface area contributed by atoms with Gasteiger partial charge in [0.2, 0.25) is 0 Å². The predicted octanol–water partition coefficient (Wildman–Crippen LogP) is 6.87. The van der Waals surface area contributed by atoms with E-state index in [1.54, 1.807) is 6.92 Å². The molecule has 1 aliphatic rings. The Morgan fingerprint density at radius 1 is 1.07 bits per heavy atom. The van der Waals surface area contributed by atoms with Gasteiger partial charge in [-0.1, -0.05) is 42.3 Å². The minimum Gasteiger partial charge on any atom is -0.482 e. The van der Waals surface area contributed by atoms with Gasteiger partial charge in [-0.3, -0.25) is 4.79 Å². The van der Waals surface area contributed by atoms with Crippen LogP contribution in [0, 0.1) is 0 Å². The first-order valence-corrected chi connectivity index (χ1v) is 12.8. The number of nitrogens with zero attached hydrogens (tertiary/aromatic N) is 1. The maximum absolute atomic E-state index is 14.5. The summed E-state index contributed by atoms with van der Waals surface area (Å²) in [4.78, 5) is 25.3. The highest BCUT2D eigenvalue weighted by Gasteiger charge is 2.59. The molecule has 12 heteroatoms. The molecule has 0 spiro atoms. The lowest BCUT2D eigenvalue weighted by Crippen LogP contribution is -2.47. The van der Waals surface area contributed by atoms with Gasteiger partial charge in [-0.2, -0.15) is 13.2 Å². The van der Waals surface area contributed by atoms with E-state index in [-0.39, 0.29) is 57.3 Å². The highest BCUT2D eigenvalue weighted by atomic mass is 35.5. The molecule has 0 saturated heterocycles. The molecule has 0 aromatic heterocycles. The van der Waals surface area contributed by atoms with Gasteiger partial charge in [0.25, 0.3) is 5.91 Å². The molecule has 4 rings (SSSR count). The average Bonchev–Trinajstić information content (AvgIpc) is 2.90. The van der Waals surface area contributed by atoms with Gasteiger partial charge in [0, 0.05) is 18.0 Å². The third-order valence-corrected chi connectivity index (χ3v) is 7.31. The highest BCUT2D eigenvalue weighted by Crippen LogP contribution is 2.51. The Kier molecular flexibility index (Phi) is 8.26. The molecule has 1 heterocycles. The van der Waals surface area contributed by atoms with E-state index in [0.29, 0.717) is 0 Å². The molecule has 7 nitrogen and oxygen atoms in total. The van der Waals surface area contributed by atoms with Gasteiger partial charge in [-0.15, -0.1) is 0 Å². The van der Waals surface area contributed by atoms with Crippen LogP contribution >= 0.6 is 23.2 Å². The number of esters is 1. The third kappa shape index (κ3) is 5.43. The summed E-state index contributed by atoms with van der Waals surface area (Å²) in [5.74, 6) is -2.07. The van der Waals surface area contributed by atoms with Crippen molar-refractivity contribution in [2.45, 2.75) is 31.5 Å². The zero-order valence-corrected chi connectivity index (χ0v) is 23.0. The number of alkyl halides is 3. The summed E-state index contributed by atoms with van der Waals surface area (Å²) in [6, 6.07) is 11.8. The Labute approximate surface area is 238 Å². The normalized spacial score (nSPS) is 15.5. The van der Waals surface area contributed by atoms with Crippen molar-refractivity contribution in [2.24, 2.45) is 0 Å². The number of likely N-dealkylation sites (N-methyl/N-ethyl adjacent to an activating group) is 1. The first-order valence-electron chi connectivity index (χ1n) is 12.0. The summed E-state index contributed by atoms with van der Waals surface area (Å²) < 4.78 is 59.7. The molecule has 0 radical (unpaired) electrons. The number of ether oxygens (including phenoxy) is 3. The van der Waals surface area contributed by atoms with E-state index in [0.717, 1.165) is 12.1 Å². The van der Waals surface area contributed by atoms with Crippen molar-refractivity contribution in [3.8, 4) is 17.2 Å². The molecule has 1 amide bonds. The van der Waals surface area contributed by atoms with Crippen LogP contribution in [0.1, 0.15) is 41.3 Å². The molecule has 3 aromatic carbocycles. The molecule has 0 fully saturated rings. The lowest BCUT2D eigenvalue weighted by molar-refractivity contribution is -0.274. The Morgan fingerprint density at radius 3 is 2.40 bits per heavy atom. The topological polar surface area (TPSA) is 85.3 Å². The Hall–Kier alpha value is -3.47. The van der Waals surface area contributed by atoms with E-state index in [2.05, 4.69) is 0 Å². The van der Waals surface area contributed by atoms with Gasteiger partial charge in [0.15, 0.2) is 12.2 Å². The van der Waals surface area contributed by atoms with Crippen molar-refractivity contribution in [1.82, 2.24) is 0 Å². The number of halogens is 5. The molecule has 40 heavy (non-hydrogen) atoms. The number of aliphatic hydroxyl groups is 1. The van der Waals surface area contributed by atoms with Gasteiger partial charge in [0.1, 0.15) is 17.2 Å². The first kappa shape index (κ1) is 29.5. The van der Waals surface area contributed by atoms with Gasteiger partial charge >= 0.3 is 12.1 Å². The summed E-state index contributed by atoms with van der Waals surface area (Å²) in [7, 11) is 1.41. The number of hydrogen-bond donors (Lipinski definition) is 1. The zero-order chi connectivity index (χ0) is 29.4. The maximum atomic E-state index is 14.5. The van der Waals surface area contributed by atoms with Crippen molar-refractivity contribution >= 4 is 40.8 Å². The second kappa shape index (κ2) is 11.2. The number of carbonyl (C=O) groups is 2. The van der Waals surface area contributed by atoms with Crippen molar-refractivity contribution in [3.05, 3.63) is 81.3 Å². The minimum absolute atomic E-state index is 0.00411. The monoisotopic (exact) mass is 597 g/mol. The van der Waals surface area contributed by atoms with E-state index >= 15 is 0 Å². The van der Waals surface area contributed by atoms with Crippen molar-refractivity contribution in [2.75, 3.05) is 25.2 Å². The highest BCUT2D eigenvalue weighted by molar-refractivity contribution is 6.33. The second-order valence-electron chi connectivity index (χ2n) is 9.06. The van der Waals surface area contributed by atoms with Gasteiger partial charge in [-0.05, 0) is 60.5 Å². The standard InChI is InChI=1S/C28H24Cl2F3NO6/c1-4-38-26(36)20-12-17(7-9-21(20)29)40-18-6-8-19(22(30)13-18)15(2)27(37,28(31,32)33)16-5-10-24-23(11-16)34(3)25(35)14-39-24/h5-13,15,37H,4,14H2,1-3H3. The summed E-state index contributed by atoms with van der Waals surface area (Å²) in [6.07, 6.45) is -5.12. The Bertz CT molecular complexity index is 1460. The molecular weight excluding hydrogens is 574 g/mol. The van der Waals surface area contributed by atoms with E-state index in [1.165, 1.54) is 61.3 Å². The molecular formula is C28H24Cl2F3NO6. The number of benzene rings is 3. The van der Waals surface area contributed by atoms with E-state index in [4.69, 9.17) is 37.4 Å². The third-order valence-electron chi connectivity index (χ3n) is 6.65. The number of anilines is 1. The van der Waals surface area contributed by atoms with Crippen molar-refractivity contribution < 1.29 is 42.1 Å². The largest absolute Gasteiger partial charge is 0.482 e. The predicted molar refractivity (Wildman–Crippen MR) is 143 cm³/mol. The van der Waals surface area contributed by atoms with Crippen LogP contribution in [-0.4, -0.2) is 43.4 Å². The lowest BCUT2D eigenvalue weighted by Gasteiger charge is -2.38. The molecule has 212 valence electrons. The first-order chi connectivity index (χ1) is 18.8. The van der Waals surface area contributed by atoms with Gasteiger partial charge in [-0.25, -0.2) is 4.79 Å². The van der Waals surface area contributed by atoms with Crippen molar-refractivity contribution in [3.63, 3.8) is 0 Å². The van der Waals surface area contributed by atoms with Gasteiger partial charge in [0.05, 0.1) is 22.9 Å². The van der Waals surface area contributed by atoms with E-state index in [1.807, 2.05) is 0 Å². The zero-order valence-electron chi connectivity index (χ0n) is 21.5. The smallest absolute Gasteiger partial charge is 0.422 e. The average molecular weight is 598 g/mol. The van der Waals surface area contributed by atoms with Crippen LogP contribution in [-0.2, 0) is 15.1 Å². The van der Waals surface area contributed by atoms with Crippen LogP contribution in [0.15, 0.2) is 54.6 Å². The minimum atomic E-state index is -5.12. The Balaban J connectivity index is 1.67. The van der Waals surface area contributed by atoms with Crippen LogP contribution in [0.4, 0.5) is 18.9 Å². The summed E-state index contributed by atoms with van der Waals surface area (Å²) in [5.41, 5.74) is -3.69. The van der Waals surface area contributed by atoms with Crippen LogP contribution in [0.2, 0.25) is 10.0 Å². The molecule has 2 unspecified atom stereocenters. The number of fused-ring (bicyclic) bond motifs is 1. The van der Waals surface area contributed by atoms with Crippen molar-refractivity contribution in [1.29, 1.82) is 0 Å². The van der Waals surface area contributed by atoms with Crippen LogP contribution in [0.5, 0.6) is 17.2 Å². The maximum Gasteiger partial charge on any atom is 0.422 e. The van der Waals surface area contributed by atoms with Crippen LogP contribution in [0.3, 0.4) is 0 Å². The summed E-state index contributed by atoms with van der Waals surface area (Å²) in [5, 5.41) is 11.3. The number of carbonyl (C=O) groups excluding carboxylic acids is 2. The van der Waals surface area contributed by atoms with Gasteiger partial charge < -0.3 is 24.2 Å². The molecule has 1 aliphatic heterocycles. The number of hydrogen-bond acceptors (Lipinski definition) is 6. The fraction of sp³-hybridized carbons (Fsp3) is 0.286. The second-order valence-corrected chi connectivity index (χ2v) is 9.87. The molecule has 3 aromatic rings. The van der Waals surface area contributed by atoms with E-state index in [9.17, 15) is 27.9 Å². The molecule has 0 aliphatic carbocycles. The lowest BCUT2D eigenvalue weighted by atomic mass is 9.77. The molecule has 2 atom stereocenters. The van der Waals surface area contributed by atoms with E-state index < -0.39 is 35.1 Å².